The van der Waals surface area contributed by atoms with E-state index in [9.17, 15) is 13.2 Å². The van der Waals surface area contributed by atoms with Gasteiger partial charge in [0.2, 0.25) is 0 Å². The first-order valence-electron chi connectivity index (χ1n) is 8.80. The van der Waals surface area contributed by atoms with E-state index in [1.54, 1.807) is 6.07 Å². The van der Waals surface area contributed by atoms with Crippen LogP contribution < -0.4 is 0 Å². The van der Waals surface area contributed by atoms with Gasteiger partial charge in [0, 0.05) is 31.4 Å². The SMILES string of the molecule is CC[C@H]1CN([C@H](CC)c2ccc(C(F)(F)F)cn2)[C@H](CC)CN1C. The van der Waals surface area contributed by atoms with Crippen LogP contribution in [0.2, 0.25) is 0 Å². The second-order valence-corrected chi connectivity index (χ2v) is 6.65. The van der Waals surface area contributed by atoms with Gasteiger partial charge in [0.25, 0.3) is 0 Å². The first-order valence-corrected chi connectivity index (χ1v) is 8.80. The maximum absolute atomic E-state index is 12.8. The summed E-state index contributed by atoms with van der Waals surface area (Å²) in [5, 5.41) is 0. The van der Waals surface area contributed by atoms with Gasteiger partial charge in [-0.25, -0.2) is 0 Å². The van der Waals surface area contributed by atoms with E-state index in [2.05, 4.69) is 42.6 Å². The predicted molar refractivity (Wildman–Crippen MR) is 89.8 cm³/mol. The number of pyridine rings is 1. The Morgan fingerprint density at radius 2 is 1.79 bits per heavy atom. The van der Waals surface area contributed by atoms with Crippen molar-refractivity contribution in [3.05, 3.63) is 29.6 Å². The molecule has 24 heavy (non-hydrogen) atoms. The van der Waals surface area contributed by atoms with Crippen LogP contribution in [0.1, 0.15) is 57.3 Å². The summed E-state index contributed by atoms with van der Waals surface area (Å²) in [6.07, 6.45) is -0.431. The van der Waals surface area contributed by atoms with E-state index in [1.807, 2.05) is 0 Å². The molecule has 1 fully saturated rings. The molecule has 0 unspecified atom stereocenters. The van der Waals surface area contributed by atoms with E-state index in [0.717, 1.165) is 50.3 Å². The Morgan fingerprint density at radius 3 is 2.25 bits per heavy atom. The standard InChI is InChI=1S/C18H28F3N3/c1-5-14-12-24(15(6-2)11-23(14)4)17(7-3)16-9-8-13(10-22-16)18(19,20)21/h8-10,14-15,17H,5-7,11-12H2,1-4H3/t14-,15+,17+/m0/s1. The lowest BCUT2D eigenvalue weighted by Gasteiger charge is -2.47. The van der Waals surface area contributed by atoms with Crippen LogP contribution in [-0.4, -0.2) is 47.0 Å². The maximum Gasteiger partial charge on any atom is 0.417 e. The van der Waals surface area contributed by atoms with Crippen molar-refractivity contribution < 1.29 is 13.2 Å². The van der Waals surface area contributed by atoms with Crippen LogP contribution in [0.15, 0.2) is 18.3 Å². The number of piperazine rings is 1. The van der Waals surface area contributed by atoms with Gasteiger partial charge >= 0.3 is 6.18 Å². The molecule has 0 bridgehead atoms. The normalized spacial score (nSPS) is 25.0. The first kappa shape index (κ1) is 19.2. The highest BCUT2D eigenvalue weighted by Gasteiger charge is 2.35. The summed E-state index contributed by atoms with van der Waals surface area (Å²) < 4.78 is 38.3. The lowest BCUT2D eigenvalue weighted by molar-refractivity contribution is -0.137. The van der Waals surface area contributed by atoms with Crippen LogP contribution in [0.4, 0.5) is 13.2 Å². The fraction of sp³-hybridized carbons (Fsp3) is 0.722. The Labute approximate surface area is 142 Å². The van der Waals surface area contributed by atoms with Crippen LogP contribution >= 0.6 is 0 Å². The van der Waals surface area contributed by atoms with Crippen molar-refractivity contribution in [1.29, 1.82) is 0 Å². The minimum atomic E-state index is -4.33. The van der Waals surface area contributed by atoms with Crippen LogP contribution in [0.3, 0.4) is 0 Å². The zero-order valence-corrected chi connectivity index (χ0v) is 15.0. The molecule has 3 nitrogen and oxygen atoms in total. The fourth-order valence-electron chi connectivity index (χ4n) is 3.69. The third-order valence-corrected chi connectivity index (χ3v) is 5.20. The predicted octanol–water partition coefficient (Wildman–Crippen LogP) is 4.36. The molecule has 0 radical (unpaired) electrons. The van der Waals surface area contributed by atoms with E-state index in [1.165, 1.54) is 0 Å². The average Bonchev–Trinajstić information content (AvgIpc) is 2.56. The molecular weight excluding hydrogens is 315 g/mol. The van der Waals surface area contributed by atoms with Crippen molar-refractivity contribution in [2.45, 2.75) is 64.3 Å². The molecule has 0 N–H and O–H groups in total. The molecule has 1 saturated heterocycles. The molecule has 0 spiro atoms. The minimum absolute atomic E-state index is 0.0694. The molecular formula is C18H28F3N3. The maximum atomic E-state index is 12.8. The monoisotopic (exact) mass is 343 g/mol. The second-order valence-electron chi connectivity index (χ2n) is 6.65. The van der Waals surface area contributed by atoms with Gasteiger partial charge in [-0.3, -0.25) is 9.88 Å². The Balaban J connectivity index is 2.25. The topological polar surface area (TPSA) is 19.4 Å². The van der Waals surface area contributed by atoms with Crippen molar-refractivity contribution in [3.8, 4) is 0 Å². The van der Waals surface area contributed by atoms with Gasteiger partial charge in [-0.1, -0.05) is 20.8 Å². The number of hydrogen-bond donors (Lipinski definition) is 0. The smallest absolute Gasteiger partial charge is 0.301 e. The van der Waals surface area contributed by atoms with Gasteiger partial charge in [-0.15, -0.1) is 0 Å². The number of rotatable bonds is 5. The molecule has 0 aromatic carbocycles. The molecule has 0 aliphatic carbocycles. The van der Waals surface area contributed by atoms with Gasteiger partial charge in [-0.05, 0) is 38.4 Å². The van der Waals surface area contributed by atoms with Crippen LogP contribution in [0, 0.1) is 0 Å². The second kappa shape index (κ2) is 7.83. The van der Waals surface area contributed by atoms with Crippen molar-refractivity contribution >= 4 is 0 Å². The Morgan fingerprint density at radius 1 is 1.12 bits per heavy atom. The molecule has 6 heteroatoms. The van der Waals surface area contributed by atoms with Crippen LogP contribution in [0.5, 0.6) is 0 Å². The van der Waals surface area contributed by atoms with Crippen LogP contribution in [0.25, 0.3) is 0 Å². The van der Waals surface area contributed by atoms with E-state index >= 15 is 0 Å². The molecule has 1 aromatic heterocycles. The van der Waals surface area contributed by atoms with Crippen molar-refractivity contribution in [2.24, 2.45) is 0 Å². The quantitative estimate of drug-likeness (QED) is 0.792. The molecule has 1 aromatic rings. The largest absolute Gasteiger partial charge is 0.417 e. The third kappa shape index (κ3) is 4.09. The third-order valence-electron chi connectivity index (χ3n) is 5.20. The summed E-state index contributed by atoms with van der Waals surface area (Å²) in [4.78, 5) is 9.00. The van der Waals surface area contributed by atoms with Gasteiger partial charge in [0.15, 0.2) is 0 Å². The molecule has 3 atom stereocenters. The molecule has 2 rings (SSSR count). The highest BCUT2D eigenvalue weighted by molar-refractivity contribution is 5.19. The highest BCUT2D eigenvalue weighted by atomic mass is 19.4. The first-order chi connectivity index (χ1) is 11.3. The van der Waals surface area contributed by atoms with E-state index in [4.69, 9.17) is 0 Å². The number of likely N-dealkylation sites (N-methyl/N-ethyl adjacent to an activating group) is 1. The summed E-state index contributed by atoms with van der Waals surface area (Å²) >= 11 is 0. The molecule has 1 aliphatic rings. The number of hydrogen-bond acceptors (Lipinski definition) is 3. The fourth-order valence-corrected chi connectivity index (χ4v) is 3.69. The van der Waals surface area contributed by atoms with Crippen molar-refractivity contribution in [3.63, 3.8) is 0 Å². The lowest BCUT2D eigenvalue weighted by Crippen LogP contribution is -2.57. The number of alkyl halides is 3. The molecule has 0 saturated carbocycles. The van der Waals surface area contributed by atoms with E-state index in [0.29, 0.717) is 12.1 Å². The Bertz CT molecular complexity index is 515. The van der Waals surface area contributed by atoms with Crippen molar-refractivity contribution in [2.75, 3.05) is 20.1 Å². The van der Waals surface area contributed by atoms with Gasteiger partial charge in [-0.2, -0.15) is 13.2 Å². The van der Waals surface area contributed by atoms with Gasteiger partial charge in [0.05, 0.1) is 17.3 Å². The summed E-state index contributed by atoms with van der Waals surface area (Å²) in [7, 11) is 2.16. The summed E-state index contributed by atoms with van der Waals surface area (Å²) in [5.74, 6) is 0. The van der Waals surface area contributed by atoms with Gasteiger partial charge in [0.1, 0.15) is 0 Å². The minimum Gasteiger partial charge on any atom is -0.301 e. The number of halogens is 3. The van der Waals surface area contributed by atoms with Gasteiger partial charge < -0.3 is 4.90 Å². The van der Waals surface area contributed by atoms with Crippen molar-refractivity contribution in [1.82, 2.24) is 14.8 Å². The summed E-state index contributed by atoms with van der Waals surface area (Å²) in [6, 6.07) is 3.66. The van der Waals surface area contributed by atoms with E-state index in [-0.39, 0.29) is 6.04 Å². The zero-order valence-electron chi connectivity index (χ0n) is 15.0. The summed E-state index contributed by atoms with van der Waals surface area (Å²) in [5.41, 5.74) is 0.0568. The van der Waals surface area contributed by atoms with Crippen LogP contribution in [-0.2, 0) is 6.18 Å². The lowest BCUT2D eigenvalue weighted by atomic mass is 9.97. The molecule has 1 aliphatic heterocycles. The molecule has 0 amide bonds. The number of aromatic nitrogens is 1. The Kier molecular flexibility index (Phi) is 6.26. The molecule has 2 heterocycles. The summed E-state index contributed by atoms with van der Waals surface area (Å²) in [6.45, 7) is 8.36. The zero-order chi connectivity index (χ0) is 17.9. The molecule has 136 valence electrons. The Hall–Kier alpha value is -1.14. The van der Waals surface area contributed by atoms with E-state index < -0.39 is 11.7 Å². The number of nitrogens with zero attached hydrogens (tertiary/aromatic N) is 3. The highest BCUT2D eigenvalue weighted by Crippen LogP contribution is 2.33. The average molecular weight is 343 g/mol.